The Kier molecular flexibility index (Phi) is 6.72. The Morgan fingerprint density at radius 3 is 2.82 bits per heavy atom. The SMILES string of the molecule is COc1ccccc1/C=C1\SC(=S)N(CCC(=O)Nc2cccc(Cl)c2)C1=O. The summed E-state index contributed by atoms with van der Waals surface area (Å²) in [6.07, 6.45) is 1.88. The average molecular weight is 433 g/mol. The second-order valence-corrected chi connectivity index (χ2v) is 8.00. The largest absolute Gasteiger partial charge is 0.496 e. The van der Waals surface area contributed by atoms with E-state index in [4.69, 9.17) is 28.6 Å². The van der Waals surface area contributed by atoms with Crippen LogP contribution in [-0.4, -0.2) is 34.7 Å². The molecule has 0 atom stereocenters. The predicted molar refractivity (Wildman–Crippen MR) is 118 cm³/mol. The number of nitrogens with zero attached hydrogens (tertiary/aromatic N) is 1. The summed E-state index contributed by atoms with van der Waals surface area (Å²) in [5.74, 6) is 0.246. The van der Waals surface area contributed by atoms with Crippen molar-refractivity contribution in [2.75, 3.05) is 19.0 Å². The first-order valence-corrected chi connectivity index (χ1v) is 10.0. The molecule has 1 aliphatic rings. The fourth-order valence-electron chi connectivity index (χ4n) is 2.62. The molecule has 1 N–H and O–H groups in total. The zero-order chi connectivity index (χ0) is 20.1. The number of anilines is 1. The number of benzene rings is 2. The maximum Gasteiger partial charge on any atom is 0.266 e. The predicted octanol–water partition coefficient (Wildman–Crippen LogP) is 4.58. The van der Waals surface area contributed by atoms with Crippen LogP contribution in [0.1, 0.15) is 12.0 Å². The van der Waals surface area contributed by atoms with Crippen molar-refractivity contribution in [3.63, 3.8) is 0 Å². The Bertz CT molecular complexity index is 962. The first-order chi connectivity index (χ1) is 13.5. The molecule has 28 heavy (non-hydrogen) atoms. The third kappa shape index (κ3) is 4.92. The number of ether oxygens (including phenoxy) is 1. The van der Waals surface area contributed by atoms with Gasteiger partial charge < -0.3 is 10.1 Å². The topological polar surface area (TPSA) is 58.6 Å². The van der Waals surface area contributed by atoms with Crippen LogP contribution in [0.3, 0.4) is 0 Å². The minimum absolute atomic E-state index is 0.126. The van der Waals surface area contributed by atoms with Gasteiger partial charge in [0.05, 0.1) is 12.0 Å². The van der Waals surface area contributed by atoms with Gasteiger partial charge in [-0.25, -0.2) is 0 Å². The lowest BCUT2D eigenvalue weighted by Gasteiger charge is -2.14. The van der Waals surface area contributed by atoms with Gasteiger partial charge in [-0.05, 0) is 30.3 Å². The smallest absolute Gasteiger partial charge is 0.266 e. The Morgan fingerprint density at radius 1 is 1.29 bits per heavy atom. The van der Waals surface area contributed by atoms with E-state index in [1.165, 1.54) is 16.7 Å². The van der Waals surface area contributed by atoms with Gasteiger partial charge in [-0.3, -0.25) is 14.5 Å². The monoisotopic (exact) mass is 432 g/mol. The van der Waals surface area contributed by atoms with Crippen LogP contribution in [0.25, 0.3) is 6.08 Å². The molecule has 0 radical (unpaired) electrons. The van der Waals surface area contributed by atoms with Gasteiger partial charge in [-0.2, -0.15) is 0 Å². The van der Waals surface area contributed by atoms with Gasteiger partial charge in [0.1, 0.15) is 10.1 Å². The maximum absolute atomic E-state index is 12.7. The summed E-state index contributed by atoms with van der Waals surface area (Å²) < 4.78 is 5.75. The molecule has 2 aromatic rings. The zero-order valence-electron chi connectivity index (χ0n) is 15.0. The van der Waals surface area contributed by atoms with Crippen LogP contribution in [0.2, 0.25) is 5.02 Å². The van der Waals surface area contributed by atoms with Gasteiger partial charge in [0.25, 0.3) is 5.91 Å². The van der Waals surface area contributed by atoms with Gasteiger partial charge in [-0.15, -0.1) is 0 Å². The van der Waals surface area contributed by atoms with Crippen LogP contribution in [0, 0.1) is 0 Å². The molecular weight excluding hydrogens is 416 g/mol. The summed E-state index contributed by atoms with van der Waals surface area (Å²) in [5, 5.41) is 3.30. The lowest BCUT2D eigenvalue weighted by atomic mass is 10.2. The zero-order valence-corrected chi connectivity index (χ0v) is 17.4. The minimum atomic E-state index is -0.218. The lowest BCUT2D eigenvalue weighted by molar-refractivity contribution is -0.122. The molecule has 3 rings (SSSR count). The standard InChI is InChI=1S/C20H17ClN2O3S2/c1-26-16-8-3-2-5-13(16)11-17-19(25)23(20(27)28-17)10-9-18(24)22-15-7-4-6-14(21)12-15/h2-8,11-12H,9-10H2,1H3,(H,22,24)/b17-11-. The highest BCUT2D eigenvalue weighted by atomic mass is 35.5. The summed E-state index contributed by atoms with van der Waals surface area (Å²) in [5.41, 5.74) is 1.41. The van der Waals surface area contributed by atoms with E-state index in [1.807, 2.05) is 24.3 Å². The van der Waals surface area contributed by atoms with E-state index in [1.54, 1.807) is 37.5 Å². The highest BCUT2D eigenvalue weighted by Crippen LogP contribution is 2.34. The number of hydrogen-bond donors (Lipinski definition) is 1. The Morgan fingerprint density at radius 2 is 2.07 bits per heavy atom. The van der Waals surface area contributed by atoms with E-state index >= 15 is 0 Å². The van der Waals surface area contributed by atoms with Crippen LogP contribution in [-0.2, 0) is 9.59 Å². The van der Waals surface area contributed by atoms with Crippen molar-refractivity contribution in [1.82, 2.24) is 4.90 Å². The third-order valence-corrected chi connectivity index (χ3v) is 5.58. The van der Waals surface area contributed by atoms with E-state index in [0.717, 1.165) is 5.56 Å². The van der Waals surface area contributed by atoms with Crippen molar-refractivity contribution in [3.8, 4) is 5.75 Å². The maximum atomic E-state index is 12.7. The molecule has 144 valence electrons. The van der Waals surface area contributed by atoms with Gasteiger partial charge in [0, 0.05) is 29.2 Å². The summed E-state index contributed by atoms with van der Waals surface area (Å²) >= 11 is 12.4. The van der Waals surface area contributed by atoms with Gasteiger partial charge in [-0.1, -0.05) is 59.8 Å². The van der Waals surface area contributed by atoms with Crippen LogP contribution in [0.15, 0.2) is 53.4 Å². The van der Waals surface area contributed by atoms with E-state index < -0.39 is 0 Å². The number of rotatable bonds is 6. The van der Waals surface area contributed by atoms with Gasteiger partial charge >= 0.3 is 0 Å². The van der Waals surface area contributed by atoms with Crippen LogP contribution < -0.4 is 10.1 Å². The number of methoxy groups -OCH3 is 1. The van der Waals surface area contributed by atoms with Gasteiger partial charge in [0.15, 0.2) is 0 Å². The van der Waals surface area contributed by atoms with Crippen LogP contribution >= 0.6 is 35.6 Å². The number of halogens is 1. The van der Waals surface area contributed by atoms with Crippen molar-refractivity contribution in [1.29, 1.82) is 0 Å². The molecule has 2 amide bonds. The second-order valence-electron chi connectivity index (χ2n) is 5.88. The summed E-state index contributed by atoms with van der Waals surface area (Å²) in [7, 11) is 1.58. The highest BCUT2D eigenvalue weighted by Gasteiger charge is 2.32. The summed E-state index contributed by atoms with van der Waals surface area (Å²) in [4.78, 5) is 26.8. The molecule has 1 saturated heterocycles. The molecule has 0 aliphatic carbocycles. The first-order valence-electron chi connectivity index (χ1n) is 8.42. The molecule has 5 nitrogen and oxygen atoms in total. The molecule has 0 aromatic heterocycles. The molecule has 0 unspecified atom stereocenters. The number of amides is 2. The molecule has 0 bridgehead atoms. The van der Waals surface area contributed by atoms with E-state index in [9.17, 15) is 9.59 Å². The van der Waals surface area contributed by atoms with E-state index in [0.29, 0.717) is 25.7 Å². The molecule has 1 aliphatic heterocycles. The van der Waals surface area contributed by atoms with Crippen molar-refractivity contribution in [3.05, 3.63) is 64.0 Å². The third-order valence-electron chi connectivity index (χ3n) is 3.97. The Labute approximate surface area is 177 Å². The number of thioether (sulfide) groups is 1. The molecule has 1 heterocycles. The molecule has 0 spiro atoms. The van der Waals surface area contributed by atoms with Crippen molar-refractivity contribution < 1.29 is 14.3 Å². The Balaban J connectivity index is 1.64. The van der Waals surface area contributed by atoms with Crippen LogP contribution in [0.5, 0.6) is 5.75 Å². The first kappa shape index (κ1) is 20.4. The molecule has 8 heteroatoms. The number of nitrogens with one attached hydrogen (secondary N) is 1. The average Bonchev–Trinajstić information content (AvgIpc) is 2.93. The fraction of sp³-hybridized carbons (Fsp3) is 0.150. The number of carbonyl (C=O) groups excluding carboxylic acids is 2. The quantitative estimate of drug-likeness (QED) is 0.535. The van der Waals surface area contributed by atoms with Gasteiger partial charge in [0.2, 0.25) is 5.91 Å². The highest BCUT2D eigenvalue weighted by molar-refractivity contribution is 8.26. The lowest BCUT2D eigenvalue weighted by Crippen LogP contribution is -2.31. The van der Waals surface area contributed by atoms with Crippen molar-refractivity contribution >= 4 is 63.5 Å². The normalized spacial score (nSPS) is 15.2. The minimum Gasteiger partial charge on any atom is -0.496 e. The molecular formula is C20H17ClN2O3S2. The number of thiocarbonyl (C=S) groups is 1. The number of hydrogen-bond acceptors (Lipinski definition) is 5. The molecule has 0 saturated carbocycles. The van der Waals surface area contributed by atoms with E-state index in [-0.39, 0.29) is 24.8 Å². The van der Waals surface area contributed by atoms with Crippen molar-refractivity contribution in [2.24, 2.45) is 0 Å². The fourth-order valence-corrected chi connectivity index (χ4v) is 4.11. The number of carbonyl (C=O) groups is 2. The molecule has 2 aromatic carbocycles. The van der Waals surface area contributed by atoms with Crippen molar-refractivity contribution in [2.45, 2.75) is 6.42 Å². The van der Waals surface area contributed by atoms with Crippen LogP contribution in [0.4, 0.5) is 5.69 Å². The summed E-state index contributed by atoms with van der Waals surface area (Å²) in [6, 6.07) is 14.3. The molecule has 1 fully saturated rings. The summed E-state index contributed by atoms with van der Waals surface area (Å²) in [6.45, 7) is 0.209. The number of para-hydroxylation sites is 1. The second kappa shape index (κ2) is 9.23. The van der Waals surface area contributed by atoms with E-state index in [2.05, 4.69) is 5.32 Å². The Hall–Kier alpha value is -2.35.